The lowest BCUT2D eigenvalue weighted by atomic mass is 10.0. The van der Waals surface area contributed by atoms with E-state index in [4.69, 9.17) is 15.0 Å². The van der Waals surface area contributed by atoms with Gasteiger partial charge in [0.15, 0.2) is 5.78 Å². The van der Waals surface area contributed by atoms with Gasteiger partial charge in [0, 0.05) is 19.2 Å². The number of allylic oxidation sites excluding steroid dienone is 1. The Morgan fingerprint density at radius 1 is 1.60 bits per heavy atom. The van der Waals surface area contributed by atoms with Gasteiger partial charge in [-0.25, -0.2) is 0 Å². The third-order valence-corrected chi connectivity index (χ3v) is 1.99. The molecular weight excluding hydrogens is 198 g/mol. The first-order valence-electron chi connectivity index (χ1n) is 4.59. The molecule has 0 bridgehead atoms. The number of carboxylic acids is 1. The Morgan fingerprint density at radius 3 is 2.80 bits per heavy atom. The van der Waals surface area contributed by atoms with Crippen LogP contribution in [0.1, 0.15) is 13.3 Å². The molecule has 2 aliphatic rings. The maximum atomic E-state index is 10.9. The van der Waals surface area contributed by atoms with Crippen molar-refractivity contribution in [3.8, 4) is 0 Å². The molecule has 0 spiro atoms. The fourth-order valence-electron chi connectivity index (χ4n) is 1.39. The van der Waals surface area contributed by atoms with Crippen molar-refractivity contribution in [1.82, 2.24) is 5.32 Å². The number of ketones is 1. The number of carboxylic acid groups (broad SMARTS) is 1. The van der Waals surface area contributed by atoms with Gasteiger partial charge in [0.2, 0.25) is 0 Å². The van der Waals surface area contributed by atoms with Crippen LogP contribution in [0.2, 0.25) is 0 Å². The maximum Gasteiger partial charge on any atom is 0.300 e. The Kier molecular flexibility index (Phi) is 3.62. The van der Waals surface area contributed by atoms with Crippen LogP contribution in [0, 0.1) is 0 Å². The average Bonchev–Trinajstić information content (AvgIpc) is 2.51. The van der Waals surface area contributed by atoms with Gasteiger partial charge in [-0.1, -0.05) is 0 Å². The number of rotatable bonds is 0. The molecule has 0 saturated carbocycles. The molecule has 0 radical (unpaired) electrons. The molecule has 5 nitrogen and oxygen atoms in total. The molecule has 1 aliphatic carbocycles. The molecule has 0 amide bonds. The summed E-state index contributed by atoms with van der Waals surface area (Å²) < 4.78 is 0. The summed E-state index contributed by atoms with van der Waals surface area (Å²) >= 11 is 0. The van der Waals surface area contributed by atoms with E-state index in [1.807, 2.05) is 0 Å². The summed E-state index contributed by atoms with van der Waals surface area (Å²) in [5, 5.41) is 19.6. The van der Waals surface area contributed by atoms with Gasteiger partial charge in [0.05, 0.1) is 0 Å². The van der Waals surface area contributed by atoms with Crippen molar-refractivity contribution >= 4 is 11.8 Å². The number of fused-ring (bicyclic) bond motifs is 1. The van der Waals surface area contributed by atoms with Crippen LogP contribution >= 0.6 is 0 Å². The molecule has 1 aliphatic heterocycles. The van der Waals surface area contributed by atoms with Gasteiger partial charge in [-0.3, -0.25) is 9.59 Å². The van der Waals surface area contributed by atoms with Crippen LogP contribution in [0.25, 0.3) is 0 Å². The van der Waals surface area contributed by atoms with Crippen LogP contribution in [-0.2, 0) is 9.59 Å². The molecule has 3 N–H and O–H groups in total. The fourth-order valence-corrected chi connectivity index (χ4v) is 1.39. The Morgan fingerprint density at radius 2 is 2.20 bits per heavy atom. The van der Waals surface area contributed by atoms with Crippen molar-refractivity contribution in [1.29, 1.82) is 0 Å². The summed E-state index contributed by atoms with van der Waals surface area (Å²) in [7, 11) is 0. The number of aliphatic hydroxyl groups excluding tert-OH is 1. The minimum atomic E-state index is -0.931. The van der Waals surface area contributed by atoms with Gasteiger partial charge in [-0.2, -0.15) is 0 Å². The summed E-state index contributed by atoms with van der Waals surface area (Å²) in [6.07, 6.45) is 3.06. The highest BCUT2D eigenvalue weighted by Gasteiger charge is 2.23. The third kappa shape index (κ3) is 3.21. The number of aliphatic carboxylic acids is 1. The van der Waals surface area contributed by atoms with Gasteiger partial charge in [-0.15, -0.1) is 0 Å². The molecule has 1 saturated heterocycles. The Bertz CT molecular complexity index is 339. The lowest BCUT2D eigenvalue weighted by Gasteiger charge is -2.10. The Balaban J connectivity index is 0.000000245. The van der Waals surface area contributed by atoms with Crippen molar-refractivity contribution in [2.75, 3.05) is 6.54 Å². The van der Waals surface area contributed by atoms with E-state index in [2.05, 4.69) is 5.32 Å². The van der Waals surface area contributed by atoms with E-state index < -0.39 is 12.1 Å². The van der Waals surface area contributed by atoms with E-state index >= 15 is 0 Å². The van der Waals surface area contributed by atoms with E-state index in [0.717, 1.165) is 31.2 Å². The molecule has 2 rings (SSSR count). The van der Waals surface area contributed by atoms with Crippen LogP contribution in [0.5, 0.6) is 0 Å². The molecule has 82 valence electrons. The van der Waals surface area contributed by atoms with E-state index in [-0.39, 0.29) is 5.78 Å². The third-order valence-electron chi connectivity index (χ3n) is 1.99. The van der Waals surface area contributed by atoms with Crippen molar-refractivity contribution in [2.45, 2.75) is 19.4 Å². The molecule has 0 aromatic carbocycles. The predicted octanol–water partition coefficient (Wildman–Crippen LogP) is -0.176. The van der Waals surface area contributed by atoms with E-state index in [9.17, 15) is 4.79 Å². The number of carbonyl (C=O) groups is 2. The highest BCUT2D eigenvalue weighted by atomic mass is 16.4. The van der Waals surface area contributed by atoms with Crippen LogP contribution in [0.3, 0.4) is 0 Å². The van der Waals surface area contributed by atoms with Gasteiger partial charge in [0.25, 0.3) is 5.97 Å². The largest absolute Gasteiger partial charge is 0.481 e. The number of nitrogens with one attached hydrogen (secondary N) is 1. The molecule has 0 aromatic heterocycles. The summed E-state index contributed by atoms with van der Waals surface area (Å²) in [6, 6.07) is 0. The molecule has 1 fully saturated rings. The summed E-state index contributed by atoms with van der Waals surface area (Å²) in [5.74, 6) is -1.03. The lowest BCUT2D eigenvalue weighted by Crippen LogP contribution is -2.21. The highest BCUT2D eigenvalue weighted by Crippen LogP contribution is 2.22. The first kappa shape index (κ1) is 11.5. The molecule has 1 heterocycles. The van der Waals surface area contributed by atoms with E-state index in [0.29, 0.717) is 0 Å². The van der Waals surface area contributed by atoms with Crippen molar-refractivity contribution in [3.05, 3.63) is 23.4 Å². The predicted molar refractivity (Wildman–Crippen MR) is 53.1 cm³/mol. The van der Waals surface area contributed by atoms with Crippen molar-refractivity contribution in [2.24, 2.45) is 0 Å². The van der Waals surface area contributed by atoms with Gasteiger partial charge < -0.3 is 15.5 Å². The second-order valence-electron chi connectivity index (χ2n) is 3.29. The number of aliphatic hydroxyl groups is 1. The van der Waals surface area contributed by atoms with Gasteiger partial charge >= 0.3 is 0 Å². The first-order valence-corrected chi connectivity index (χ1v) is 4.59. The van der Waals surface area contributed by atoms with Crippen molar-refractivity contribution < 1.29 is 19.8 Å². The summed E-state index contributed by atoms with van der Waals surface area (Å²) in [6.45, 7) is 1.96. The van der Waals surface area contributed by atoms with E-state index in [1.165, 1.54) is 6.08 Å². The number of hydrogen-bond acceptors (Lipinski definition) is 4. The van der Waals surface area contributed by atoms with Gasteiger partial charge in [0.1, 0.15) is 6.10 Å². The molecule has 15 heavy (non-hydrogen) atoms. The fraction of sp³-hybridized carbons (Fsp3) is 0.400. The Labute approximate surface area is 87.1 Å². The highest BCUT2D eigenvalue weighted by molar-refractivity contribution is 5.97. The topological polar surface area (TPSA) is 86.6 Å². The van der Waals surface area contributed by atoms with E-state index in [1.54, 1.807) is 6.08 Å². The zero-order valence-corrected chi connectivity index (χ0v) is 8.36. The quantitative estimate of drug-likeness (QED) is 0.517. The standard InChI is InChI=1S/C8H9NO2.C2H4O2/c10-7-3-5-1-2-9-6(5)4-8(7)11;1-2(3)4/h3-4,8-9,11H,1-2H2;1H3,(H,3,4). The summed E-state index contributed by atoms with van der Waals surface area (Å²) in [5.41, 5.74) is 1.96. The Hall–Kier alpha value is -1.62. The van der Waals surface area contributed by atoms with Crippen LogP contribution in [0.4, 0.5) is 0 Å². The number of carbonyl (C=O) groups excluding carboxylic acids is 1. The lowest BCUT2D eigenvalue weighted by molar-refractivity contribution is -0.134. The molecule has 1 atom stereocenters. The minimum absolute atomic E-state index is 0.201. The molecular formula is C10H13NO4. The monoisotopic (exact) mass is 211 g/mol. The maximum absolute atomic E-state index is 10.9. The zero-order valence-electron chi connectivity index (χ0n) is 8.36. The van der Waals surface area contributed by atoms with Gasteiger partial charge in [-0.05, 0) is 24.1 Å². The smallest absolute Gasteiger partial charge is 0.300 e. The summed E-state index contributed by atoms with van der Waals surface area (Å²) in [4.78, 5) is 19.9. The minimum Gasteiger partial charge on any atom is -0.481 e. The zero-order chi connectivity index (χ0) is 11.4. The number of hydrogen-bond donors (Lipinski definition) is 3. The average molecular weight is 211 g/mol. The normalized spacial score (nSPS) is 22.8. The SMILES string of the molecule is CC(=O)O.O=C1C=C2CCNC2=CC1O. The second-order valence-corrected chi connectivity index (χ2v) is 3.29. The molecule has 5 heteroatoms. The van der Waals surface area contributed by atoms with Crippen LogP contribution in [-0.4, -0.2) is 34.6 Å². The first-order chi connectivity index (χ1) is 7.00. The van der Waals surface area contributed by atoms with Crippen molar-refractivity contribution in [3.63, 3.8) is 0 Å². The molecule has 0 aromatic rings. The van der Waals surface area contributed by atoms with Crippen LogP contribution in [0.15, 0.2) is 23.4 Å². The molecule has 1 unspecified atom stereocenters. The van der Waals surface area contributed by atoms with Crippen LogP contribution < -0.4 is 5.32 Å². The second kappa shape index (κ2) is 4.75.